The van der Waals surface area contributed by atoms with Crippen LogP contribution in [0.1, 0.15) is 38.5 Å². The van der Waals surface area contributed by atoms with Crippen molar-refractivity contribution in [3.8, 4) is 0 Å². The van der Waals surface area contributed by atoms with E-state index in [0.717, 1.165) is 32.2 Å². The Kier molecular flexibility index (Phi) is 11.7. The minimum absolute atomic E-state index is 0.212. The summed E-state index contributed by atoms with van der Waals surface area (Å²) in [5, 5.41) is 8.41. The first kappa shape index (κ1) is 15.7. The van der Waals surface area contributed by atoms with Gasteiger partial charge in [0.05, 0.1) is 0 Å². The van der Waals surface area contributed by atoms with Crippen LogP contribution in [0.25, 0.3) is 0 Å². The van der Waals surface area contributed by atoms with Crippen LogP contribution in [0.2, 0.25) is 0 Å². The number of allylic oxidation sites excluding steroid dienone is 6. The second-order valence-electron chi connectivity index (χ2n) is 3.75. The van der Waals surface area contributed by atoms with E-state index < -0.39 is 5.97 Å². The van der Waals surface area contributed by atoms with E-state index in [2.05, 4.69) is 24.3 Å². The highest BCUT2D eigenvalue weighted by Gasteiger charge is 1.90. The van der Waals surface area contributed by atoms with Crippen molar-refractivity contribution < 1.29 is 9.90 Å². The van der Waals surface area contributed by atoms with Gasteiger partial charge in [0.2, 0.25) is 0 Å². The molecule has 0 aliphatic rings. The lowest BCUT2D eigenvalue weighted by molar-refractivity contribution is -0.136. The third-order valence-electron chi connectivity index (χ3n) is 2.14. The second-order valence-corrected chi connectivity index (χ2v) is 3.75. The topological polar surface area (TPSA) is 63.3 Å². The average Bonchev–Trinajstić information content (AvgIpc) is 2.30. The summed E-state index contributed by atoms with van der Waals surface area (Å²) in [6.07, 6.45) is 17.2. The number of unbranched alkanes of at least 4 members (excludes halogenated alkanes) is 1. The molecule has 0 rings (SSSR count). The third kappa shape index (κ3) is 14.7. The summed E-state index contributed by atoms with van der Waals surface area (Å²) in [4.78, 5) is 10.2. The monoisotopic (exact) mass is 237 g/mol. The number of carboxylic acids is 1. The molecule has 17 heavy (non-hydrogen) atoms. The summed E-state index contributed by atoms with van der Waals surface area (Å²) in [6, 6.07) is 0. The molecule has 0 saturated heterocycles. The predicted octanol–water partition coefficient (Wildman–Crippen LogP) is 3.04. The maximum absolute atomic E-state index is 10.2. The van der Waals surface area contributed by atoms with Gasteiger partial charge < -0.3 is 10.8 Å². The summed E-state index contributed by atoms with van der Waals surface area (Å²) in [5.74, 6) is -0.743. The molecule has 0 fully saturated rings. The molecule has 0 heterocycles. The zero-order valence-corrected chi connectivity index (χ0v) is 10.3. The molecule has 0 saturated carbocycles. The fourth-order valence-electron chi connectivity index (χ4n) is 1.22. The van der Waals surface area contributed by atoms with Gasteiger partial charge in [-0.2, -0.15) is 0 Å². The van der Waals surface area contributed by atoms with E-state index >= 15 is 0 Å². The van der Waals surface area contributed by atoms with Gasteiger partial charge in [0.15, 0.2) is 0 Å². The van der Waals surface area contributed by atoms with E-state index in [1.165, 1.54) is 0 Å². The summed E-state index contributed by atoms with van der Waals surface area (Å²) < 4.78 is 0. The van der Waals surface area contributed by atoms with E-state index in [1.54, 1.807) is 0 Å². The molecule has 3 nitrogen and oxygen atoms in total. The van der Waals surface area contributed by atoms with E-state index in [9.17, 15) is 4.79 Å². The Morgan fingerprint density at radius 2 is 1.47 bits per heavy atom. The Morgan fingerprint density at radius 3 is 2.00 bits per heavy atom. The molecular formula is C14H23NO2. The summed E-state index contributed by atoms with van der Waals surface area (Å²) >= 11 is 0. The number of hydrogen-bond donors (Lipinski definition) is 2. The van der Waals surface area contributed by atoms with E-state index in [4.69, 9.17) is 10.8 Å². The molecular weight excluding hydrogens is 214 g/mol. The lowest BCUT2D eigenvalue weighted by Gasteiger charge is -1.88. The van der Waals surface area contributed by atoms with Gasteiger partial charge in [-0.3, -0.25) is 4.79 Å². The zero-order chi connectivity index (χ0) is 12.8. The molecule has 0 aromatic carbocycles. The quantitative estimate of drug-likeness (QED) is 0.453. The molecule has 3 N–H and O–H groups in total. The van der Waals surface area contributed by atoms with Crippen molar-refractivity contribution in [2.75, 3.05) is 6.54 Å². The highest BCUT2D eigenvalue weighted by Crippen LogP contribution is 1.96. The molecule has 96 valence electrons. The molecule has 0 radical (unpaired) electrons. The third-order valence-corrected chi connectivity index (χ3v) is 2.14. The molecule has 0 aromatic heterocycles. The van der Waals surface area contributed by atoms with Crippen LogP contribution in [0.15, 0.2) is 36.5 Å². The van der Waals surface area contributed by atoms with Gasteiger partial charge in [-0.15, -0.1) is 0 Å². The number of carbonyl (C=O) groups is 1. The van der Waals surface area contributed by atoms with Crippen LogP contribution >= 0.6 is 0 Å². The van der Waals surface area contributed by atoms with Gasteiger partial charge in [0.25, 0.3) is 0 Å². The van der Waals surface area contributed by atoms with Crippen molar-refractivity contribution in [2.24, 2.45) is 5.73 Å². The maximum Gasteiger partial charge on any atom is 0.303 e. The first-order valence-corrected chi connectivity index (χ1v) is 6.14. The molecule has 0 unspecified atom stereocenters. The molecule has 0 spiro atoms. The highest BCUT2D eigenvalue weighted by molar-refractivity contribution is 5.66. The first-order chi connectivity index (χ1) is 8.27. The molecule has 0 atom stereocenters. The highest BCUT2D eigenvalue weighted by atomic mass is 16.4. The SMILES string of the molecule is NCCC/C=C/C/C=C/C/C=C/CCC(=O)O. The van der Waals surface area contributed by atoms with Gasteiger partial charge in [-0.1, -0.05) is 36.5 Å². The van der Waals surface area contributed by atoms with Crippen molar-refractivity contribution in [1.82, 2.24) is 0 Å². The van der Waals surface area contributed by atoms with Crippen LogP contribution in [0, 0.1) is 0 Å². The van der Waals surface area contributed by atoms with Gasteiger partial charge in [-0.05, 0) is 38.6 Å². The Hall–Kier alpha value is -1.35. The molecule has 0 amide bonds. The zero-order valence-electron chi connectivity index (χ0n) is 10.3. The van der Waals surface area contributed by atoms with E-state index in [1.807, 2.05) is 12.2 Å². The molecule has 0 aromatic rings. The summed E-state index contributed by atoms with van der Waals surface area (Å²) in [6.45, 7) is 0.751. The fourth-order valence-corrected chi connectivity index (χ4v) is 1.22. The smallest absolute Gasteiger partial charge is 0.303 e. The maximum atomic E-state index is 10.2. The van der Waals surface area contributed by atoms with Crippen LogP contribution in [0.3, 0.4) is 0 Å². The van der Waals surface area contributed by atoms with E-state index in [-0.39, 0.29) is 6.42 Å². The van der Waals surface area contributed by atoms with Gasteiger partial charge in [0, 0.05) is 6.42 Å². The molecule has 3 heteroatoms. The standard InChI is InChI=1S/C14H23NO2/c15-13-11-9-7-5-3-1-2-4-6-8-10-12-14(16)17/h1-2,5-8H,3-4,9-13,15H2,(H,16,17)/b2-1+,7-5+,8-6+. The normalized spacial score (nSPS) is 12.1. The van der Waals surface area contributed by atoms with Crippen molar-refractivity contribution in [3.05, 3.63) is 36.5 Å². The minimum atomic E-state index is -0.743. The van der Waals surface area contributed by atoms with Crippen molar-refractivity contribution in [1.29, 1.82) is 0 Å². The summed E-state index contributed by atoms with van der Waals surface area (Å²) in [7, 11) is 0. The number of carboxylic acid groups (broad SMARTS) is 1. The van der Waals surface area contributed by atoms with Crippen LogP contribution in [0.5, 0.6) is 0 Å². The molecule has 0 aliphatic heterocycles. The molecule has 0 aliphatic carbocycles. The lowest BCUT2D eigenvalue weighted by atomic mass is 10.2. The van der Waals surface area contributed by atoms with Crippen molar-refractivity contribution in [2.45, 2.75) is 38.5 Å². The van der Waals surface area contributed by atoms with Crippen molar-refractivity contribution >= 4 is 5.97 Å². The number of rotatable bonds is 10. The van der Waals surface area contributed by atoms with Crippen molar-refractivity contribution in [3.63, 3.8) is 0 Å². The minimum Gasteiger partial charge on any atom is -0.481 e. The number of hydrogen-bond acceptors (Lipinski definition) is 2. The van der Waals surface area contributed by atoms with Crippen LogP contribution in [-0.2, 0) is 4.79 Å². The van der Waals surface area contributed by atoms with E-state index in [0.29, 0.717) is 6.42 Å². The van der Waals surface area contributed by atoms with Gasteiger partial charge in [0.1, 0.15) is 0 Å². The Bertz CT molecular complexity index is 267. The van der Waals surface area contributed by atoms with Gasteiger partial charge >= 0.3 is 5.97 Å². The largest absolute Gasteiger partial charge is 0.481 e. The fraction of sp³-hybridized carbons (Fsp3) is 0.500. The number of aliphatic carboxylic acids is 1. The Morgan fingerprint density at radius 1 is 0.941 bits per heavy atom. The van der Waals surface area contributed by atoms with Gasteiger partial charge in [-0.25, -0.2) is 0 Å². The predicted molar refractivity (Wildman–Crippen MR) is 71.8 cm³/mol. The van der Waals surface area contributed by atoms with Crippen LogP contribution in [-0.4, -0.2) is 17.6 Å². The van der Waals surface area contributed by atoms with Crippen LogP contribution < -0.4 is 5.73 Å². The van der Waals surface area contributed by atoms with Crippen LogP contribution in [0.4, 0.5) is 0 Å². The summed E-state index contributed by atoms with van der Waals surface area (Å²) in [5.41, 5.74) is 5.38. The second kappa shape index (κ2) is 12.7. The Balaban J connectivity index is 3.35. The first-order valence-electron chi connectivity index (χ1n) is 6.14. The average molecular weight is 237 g/mol. The Labute approximate surface area is 104 Å². The number of nitrogens with two attached hydrogens (primary N) is 1. The lowest BCUT2D eigenvalue weighted by Crippen LogP contribution is -1.96. The molecule has 0 bridgehead atoms.